The lowest BCUT2D eigenvalue weighted by molar-refractivity contribution is -0.146. The maximum absolute atomic E-state index is 11.4. The second-order valence-electron chi connectivity index (χ2n) is 22.0. The largest absolute Gasteiger partial charge is 0.490 e. The lowest BCUT2D eigenvalue weighted by atomic mass is 9.72. The molecule has 0 spiro atoms. The van der Waals surface area contributed by atoms with Crippen molar-refractivity contribution in [1.82, 2.24) is 10.2 Å². The van der Waals surface area contributed by atoms with Crippen molar-refractivity contribution < 1.29 is 34.1 Å². The number of fused-ring (bicyclic) bond motifs is 2. The molecule has 0 bridgehead atoms. The van der Waals surface area contributed by atoms with E-state index < -0.39 is 11.9 Å². The average molecular weight is 891 g/mol. The molecule has 354 valence electrons. The molecule has 2 saturated heterocycles. The Morgan fingerprint density at radius 2 is 1.11 bits per heavy atom. The van der Waals surface area contributed by atoms with Gasteiger partial charge in [-0.2, -0.15) is 0 Å². The molecular formula is C56H78N2O7. The van der Waals surface area contributed by atoms with Crippen LogP contribution in [0, 0.1) is 46.3 Å². The van der Waals surface area contributed by atoms with Crippen molar-refractivity contribution in [3.63, 3.8) is 0 Å². The van der Waals surface area contributed by atoms with Gasteiger partial charge in [-0.3, -0.25) is 19.3 Å². The molecule has 3 N–H and O–H groups in total. The van der Waals surface area contributed by atoms with Crippen LogP contribution in [0.1, 0.15) is 136 Å². The number of rotatable bonds is 9. The van der Waals surface area contributed by atoms with Crippen molar-refractivity contribution in [1.29, 1.82) is 0 Å². The number of likely N-dealkylation sites (tertiary alicyclic amines) is 1. The number of hydrogen-bond acceptors (Lipinski definition) is 7. The molecular weight excluding hydrogens is 813 g/mol. The topological polar surface area (TPSA) is 125 Å². The smallest absolute Gasteiger partial charge is 0.306 e. The van der Waals surface area contributed by atoms with Crippen molar-refractivity contribution in [2.45, 2.75) is 138 Å². The second kappa shape index (κ2) is 22.3. The zero-order valence-corrected chi connectivity index (χ0v) is 40.6. The summed E-state index contributed by atoms with van der Waals surface area (Å²) >= 11 is 0. The van der Waals surface area contributed by atoms with E-state index >= 15 is 0 Å². The fraction of sp³-hybridized carbons (Fsp3) is 0.589. The number of benzene rings is 4. The third-order valence-electron chi connectivity index (χ3n) is 15.1. The summed E-state index contributed by atoms with van der Waals surface area (Å²) < 4.78 is 12.6. The van der Waals surface area contributed by atoms with Crippen LogP contribution < -0.4 is 14.8 Å². The number of nitrogens with zero attached hydrogens (tertiary/aromatic N) is 1. The van der Waals surface area contributed by atoms with Gasteiger partial charge in [0.1, 0.15) is 17.8 Å². The number of aldehydes is 1. The van der Waals surface area contributed by atoms with E-state index in [4.69, 9.17) is 14.6 Å². The van der Waals surface area contributed by atoms with Gasteiger partial charge in [0.05, 0.1) is 24.0 Å². The predicted molar refractivity (Wildman–Crippen MR) is 263 cm³/mol. The molecule has 4 aliphatic rings. The van der Waals surface area contributed by atoms with Gasteiger partial charge in [-0.25, -0.2) is 0 Å². The molecule has 0 radical (unpaired) electrons. The summed E-state index contributed by atoms with van der Waals surface area (Å²) in [6.07, 6.45) is 12.7. The average Bonchev–Trinajstić information content (AvgIpc) is 3.26. The Bertz CT molecular complexity index is 2190. The number of ether oxygens (including phenoxy) is 2. The first-order valence-corrected chi connectivity index (χ1v) is 24.6. The summed E-state index contributed by atoms with van der Waals surface area (Å²) in [7, 11) is 0. The molecule has 2 aliphatic carbocycles. The fourth-order valence-electron chi connectivity index (χ4n) is 10.7. The van der Waals surface area contributed by atoms with E-state index in [1.165, 1.54) is 42.0 Å². The minimum absolute atomic E-state index is 0.124. The number of carboxylic acids is 2. The summed E-state index contributed by atoms with van der Waals surface area (Å²) in [6.45, 7) is 22.4. The molecule has 4 aromatic carbocycles. The number of piperidine rings is 2. The Labute approximate surface area is 389 Å². The highest BCUT2D eigenvalue weighted by atomic mass is 16.5. The fourth-order valence-corrected chi connectivity index (χ4v) is 10.7. The maximum atomic E-state index is 11.4. The highest BCUT2D eigenvalue weighted by molar-refractivity contribution is 5.89. The van der Waals surface area contributed by atoms with E-state index in [0.717, 1.165) is 112 Å². The molecule has 8 rings (SSSR count). The van der Waals surface area contributed by atoms with E-state index in [0.29, 0.717) is 28.6 Å². The lowest BCUT2D eigenvalue weighted by Gasteiger charge is -2.37. The molecule has 4 aromatic rings. The van der Waals surface area contributed by atoms with Crippen LogP contribution in [0.5, 0.6) is 11.5 Å². The normalized spacial score (nSPS) is 26.5. The minimum atomic E-state index is -0.650. The van der Waals surface area contributed by atoms with E-state index in [1.54, 1.807) is 0 Å². The summed E-state index contributed by atoms with van der Waals surface area (Å²) in [5.74, 6) is 2.38. The number of carbonyl (C=O) groups is 3. The molecule has 2 heterocycles. The van der Waals surface area contributed by atoms with Gasteiger partial charge in [0, 0.05) is 18.7 Å². The highest BCUT2D eigenvalue weighted by Gasteiger charge is 2.33. The van der Waals surface area contributed by atoms with Crippen LogP contribution in [-0.4, -0.2) is 71.7 Å². The molecule has 9 nitrogen and oxygen atoms in total. The zero-order valence-electron chi connectivity index (χ0n) is 40.6. The minimum Gasteiger partial charge on any atom is -0.490 e. The molecule has 4 atom stereocenters. The third kappa shape index (κ3) is 14.3. The SMILES string of the molecule is CC(C)(C)C1CCC(Oc2ccc3cc(C=O)ccc3c2)CC1.CC1CN(Cc2ccc3cc(OC4CCC(C(C)(C)C)CC4)ccc3c2)CCC1C(=O)O.CC1CNCCC1C(=O)O. The Balaban J connectivity index is 0.000000184. The molecule has 4 unspecified atom stereocenters. The number of carbonyl (C=O) groups excluding carboxylic acids is 1. The van der Waals surface area contributed by atoms with Gasteiger partial charge in [-0.1, -0.05) is 91.8 Å². The molecule has 0 aromatic heterocycles. The van der Waals surface area contributed by atoms with E-state index in [2.05, 4.69) is 101 Å². The van der Waals surface area contributed by atoms with Gasteiger partial charge in [-0.05, 0) is 182 Å². The monoisotopic (exact) mass is 891 g/mol. The van der Waals surface area contributed by atoms with Crippen molar-refractivity contribution in [3.8, 4) is 11.5 Å². The highest BCUT2D eigenvalue weighted by Crippen LogP contribution is 2.40. The van der Waals surface area contributed by atoms with Crippen LogP contribution in [0.25, 0.3) is 21.5 Å². The summed E-state index contributed by atoms with van der Waals surface area (Å²) in [5.41, 5.74) is 2.80. The molecule has 0 amide bonds. The van der Waals surface area contributed by atoms with Crippen LogP contribution in [0.4, 0.5) is 0 Å². The van der Waals surface area contributed by atoms with Gasteiger partial charge in [0.2, 0.25) is 0 Å². The summed E-state index contributed by atoms with van der Waals surface area (Å²) in [5, 5.41) is 25.8. The standard InChI is InChI=1S/C28H39NO3.C21H26O2.C7H13NO2/c1-19-17-29(14-13-26(19)27(30)31)18-20-5-6-22-16-25(10-7-21(22)15-20)32-24-11-8-23(9-12-24)28(2,3)4;1-21(2,3)18-7-10-19(11-8-18)23-20-9-6-16-12-15(14-22)4-5-17(16)13-20;1-5-4-8-3-2-6(5)7(9)10/h5-7,10,15-16,19,23-24,26H,8-9,11-14,17-18H2,1-4H3,(H,30,31);4-6,9,12-14,18-19H,7-8,10-11H2,1-3H3;5-6,8H,2-4H2,1H3,(H,9,10). The van der Waals surface area contributed by atoms with Crippen LogP contribution >= 0.6 is 0 Å². The Hall–Kier alpha value is -4.47. The lowest BCUT2D eigenvalue weighted by Crippen LogP contribution is -2.41. The molecule has 2 saturated carbocycles. The molecule has 65 heavy (non-hydrogen) atoms. The number of carboxylic acid groups (broad SMARTS) is 2. The van der Waals surface area contributed by atoms with E-state index in [-0.39, 0.29) is 23.7 Å². The molecule has 2 aliphatic heterocycles. The first kappa shape index (κ1) is 50.0. The molecule has 9 heteroatoms. The van der Waals surface area contributed by atoms with Crippen molar-refractivity contribution >= 4 is 39.8 Å². The van der Waals surface area contributed by atoms with Crippen LogP contribution in [-0.2, 0) is 16.1 Å². The van der Waals surface area contributed by atoms with Gasteiger partial charge < -0.3 is 25.0 Å². The van der Waals surface area contributed by atoms with Crippen molar-refractivity contribution in [2.24, 2.45) is 46.3 Å². The van der Waals surface area contributed by atoms with Gasteiger partial charge in [0.25, 0.3) is 0 Å². The summed E-state index contributed by atoms with van der Waals surface area (Å²) in [6, 6.07) is 25.0. The van der Waals surface area contributed by atoms with Crippen LogP contribution in [0.15, 0.2) is 72.8 Å². The first-order chi connectivity index (χ1) is 30.9. The second-order valence-corrected chi connectivity index (χ2v) is 22.0. The van der Waals surface area contributed by atoms with Gasteiger partial charge in [-0.15, -0.1) is 0 Å². The van der Waals surface area contributed by atoms with Crippen molar-refractivity contribution in [3.05, 3.63) is 83.9 Å². The van der Waals surface area contributed by atoms with Crippen LogP contribution in [0.2, 0.25) is 0 Å². The quantitative estimate of drug-likeness (QED) is 0.141. The van der Waals surface area contributed by atoms with Gasteiger partial charge in [0.15, 0.2) is 0 Å². The summed E-state index contributed by atoms with van der Waals surface area (Å²) in [4.78, 5) is 35.1. The molecule has 4 fully saturated rings. The van der Waals surface area contributed by atoms with E-state index in [1.807, 2.05) is 37.3 Å². The Morgan fingerprint density at radius 3 is 1.57 bits per heavy atom. The zero-order chi connectivity index (χ0) is 46.9. The number of aliphatic carboxylic acids is 2. The van der Waals surface area contributed by atoms with Gasteiger partial charge >= 0.3 is 11.9 Å². The number of hydrogen-bond donors (Lipinski definition) is 3. The number of nitrogens with one attached hydrogen (secondary N) is 1. The van der Waals surface area contributed by atoms with Crippen molar-refractivity contribution in [2.75, 3.05) is 26.2 Å². The predicted octanol–water partition coefficient (Wildman–Crippen LogP) is 12.3. The maximum Gasteiger partial charge on any atom is 0.306 e. The Morgan fingerprint density at radius 1 is 0.631 bits per heavy atom. The van der Waals surface area contributed by atoms with Crippen LogP contribution in [0.3, 0.4) is 0 Å². The first-order valence-electron chi connectivity index (χ1n) is 24.6. The Kier molecular flexibility index (Phi) is 17.2. The van der Waals surface area contributed by atoms with E-state index in [9.17, 15) is 19.5 Å². The third-order valence-corrected chi connectivity index (χ3v) is 15.1.